The zero-order chi connectivity index (χ0) is 8.97. The van der Waals surface area contributed by atoms with Crippen LogP contribution in [0.5, 0.6) is 0 Å². The maximum absolute atomic E-state index is 10.2. The van der Waals surface area contributed by atoms with Crippen molar-refractivity contribution in [1.29, 1.82) is 5.26 Å². The number of hydrogen-bond donors (Lipinski definition) is 0. The maximum Gasteiger partial charge on any atom is 0.324 e. The number of nitriles is 1. The number of nitrogens with zero attached hydrogens (tertiary/aromatic N) is 2. The molecule has 60 valence electrons. The molecular weight excluding hydrogens is 176 g/mol. The molecule has 0 amide bonds. The average molecular weight is 180 g/mol. The molecule has 0 radical (unpaired) electrons. The summed E-state index contributed by atoms with van der Waals surface area (Å²) in [6.45, 7) is 0. The van der Waals surface area contributed by atoms with Gasteiger partial charge in [-0.15, -0.1) is 0 Å². The minimum atomic E-state index is -0.450. The Morgan fingerprint density at radius 3 is 2.92 bits per heavy atom. The predicted molar refractivity (Wildman–Crippen MR) is 45.6 cm³/mol. The molecule has 1 heterocycles. The van der Waals surface area contributed by atoms with Crippen LogP contribution >= 0.6 is 11.3 Å². The second-order valence-electron chi connectivity index (χ2n) is 1.90. The average Bonchev–Trinajstić information content (AvgIpc) is 2.48. The van der Waals surface area contributed by atoms with Crippen LogP contribution in [0.25, 0.3) is 6.08 Å². The van der Waals surface area contributed by atoms with E-state index in [2.05, 4.69) is 0 Å². The molecule has 0 atom stereocenters. The van der Waals surface area contributed by atoms with Gasteiger partial charge >= 0.3 is 5.00 Å². The molecule has 5 heteroatoms. The SMILES string of the molecule is N#C/C=C\c1ccc([N+](=O)[O-])s1. The van der Waals surface area contributed by atoms with Gasteiger partial charge in [0, 0.05) is 17.0 Å². The van der Waals surface area contributed by atoms with Gasteiger partial charge in [-0.3, -0.25) is 10.1 Å². The van der Waals surface area contributed by atoms with E-state index in [-0.39, 0.29) is 5.00 Å². The number of hydrogen-bond acceptors (Lipinski definition) is 4. The lowest BCUT2D eigenvalue weighted by molar-refractivity contribution is -0.380. The van der Waals surface area contributed by atoms with E-state index in [1.807, 2.05) is 6.07 Å². The van der Waals surface area contributed by atoms with E-state index in [0.29, 0.717) is 4.88 Å². The highest BCUT2D eigenvalue weighted by atomic mass is 32.1. The third-order valence-corrected chi connectivity index (χ3v) is 2.12. The fourth-order valence-corrected chi connectivity index (χ4v) is 1.37. The minimum absolute atomic E-state index is 0.0904. The first-order chi connectivity index (χ1) is 5.74. The van der Waals surface area contributed by atoms with Crippen LogP contribution in [-0.2, 0) is 0 Å². The first-order valence-electron chi connectivity index (χ1n) is 3.04. The molecule has 0 aliphatic rings. The molecule has 1 rings (SSSR count). The molecule has 12 heavy (non-hydrogen) atoms. The van der Waals surface area contributed by atoms with Crippen molar-refractivity contribution in [2.24, 2.45) is 0 Å². The molecule has 0 bridgehead atoms. The third-order valence-electron chi connectivity index (χ3n) is 1.11. The van der Waals surface area contributed by atoms with Crippen LogP contribution in [0.2, 0.25) is 0 Å². The van der Waals surface area contributed by atoms with E-state index in [1.165, 1.54) is 18.2 Å². The molecule has 4 nitrogen and oxygen atoms in total. The van der Waals surface area contributed by atoms with E-state index >= 15 is 0 Å². The summed E-state index contributed by atoms with van der Waals surface area (Å²) in [5.74, 6) is 0. The second kappa shape index (κ2) is 3.64. The molecule has 0 N–H and O–H groups in total. The first-order valence-corrected chi connectivity index (χ1v) is 3.86. The van der Waals surface area contributed by atoms with Gasteiger partial charge in [0.15, 0.2) is 0 Å². The highest BCUT2D eigenvalue weighted by Gasteiger charge is 2.06. The number of allylic oxidation sites excluding steroid dienone is 1. The van der Waals surface area contributed by atoms with E-state index in [4.69, 9.17) is 5.26 Å². The molecule has 1 aromatic heterocycles. The van der Waals surface area contributed by atoms with E-state index in [1.54, 1.807) is 6.07 Å². The van der Waals surface area contributed by atoms with Gasteiger partial charge in [0.25, 0.3) is 0 Å². The van der Waals surface area contributed by atoms with E-state index in [9.17, 15) is 10.1 Å². The molecule has 0 saturated carbocycles. The highest BCUT2D eigenvalue weighted by Crippen LogP contribution is 2.24. The van der Waals surface area contributed by atoms with Gasteiger partial charge in [-0.05, 0) is 12.1 Å². The summed E-state index contributed by atoms with van der Waals surface area (Å²) >= 11 is 1.04. The molecular formula is C7H4N2O2S. The summed E-state index contributed by atoms with van der Waals surface area (Å²) < 4.78 is 0. The quantitative estimate of drug-likeness (QED) is 0.398. The third kappa shape index (κ3) is 1.90. The molecule has 0 saturated heterocycles. The first kappa shape index (κ1) is 8.43. The zero-order valence-electron chi connectivity index (χ0n) is 5.93. The lowest BCUT2D eigenvalue weighted by Gasteiger charge is -1.79. The Morgan fingerprint density at radius 2 is 2.42 bits per heavy atom. The second-order valence-corrected chi connectivity index (χ2v) is 2.99. The van der Waals surface area contributed by atoms with Crippen LogP contribution in [0.4, 0.5) is 5.00 Å². The van der Waals surface area contributed by atoms with Crippen molar-refractivity contribution in [2.45, 2.75) is 0 Å². The monoisotopic (exact) mass is 180 g/mol. The van der Waals surface area contributed by atoms with Crippen molar-refractivity contribution in [1.82, 2.24) is 0 Å². The smallest absolute Gasteiger partial charge is 0.258 e. The van der Waals surface area contributed by atoms with Crippen molar-refractivity contribution < 1.29 is 4.92 Å². The fourth-order valence-electron chi connectivity index (χ4n) is 0.649. The lowest BCUT2D eigenvalue weighted by Crippen LogP contribution is -1.80. The lowest BCUT2D eigenvalue weighted by atomic mass is 10.4. The summed E-state index contributed by atoms with van der Waals surface area (Å²) in [4.78, 5) is 10.5. The van der Waals surface area contributed by atoms with Crippen molar-refractivity contribution in [3.8, 4) is 6.07 Å². The van der Waals surface area contributed by atoms with Crippen molar-refractivity contribution in [3.63, 3.8) is 0 Å². The Labute approximate surface area is 72.5 Å². The van der Waals surface area contributed by atoms with Gasteiger partial charge in [-0.2, -0.15) is 5.26 Å². The van der Waals surface area contributed by atoms with Crippen LogP contribution < -0.4 is 0 Å². The summed E-state index contributed by atoms with van der Waals surface area (Å²) in [6, 6.07) is 4.84. The molecule has 0 aliphatic carbocycles. The number of nitro groups is 1. The molecule has 0 spiro atoms. The standard InChI is InChI=1S/C7H4N2O2S/c8-5-1-2-6-3-4-7(12-6)9(10)11/h1-4H/b2-1-. The van der Waals surface area contributed by atoms with Crippen molar-refractivity contribution in [2.75, 3.05) is 0 Å². The van der Waals surface area contributed by atoms with Gasteiger partial charge in [0.05, 0.1) is 11.0 Å². The summed E-state index contributed by atoms with van der Waals surface area (Å²) in [5, 5.41) is 18.5. The van der Waals surface area contributed by atoms with Gasteiger partial charge < -0.3 is 0 Å². The highest BCUT2D eigenvalue weighted by molar-refractivity contribution is 7.16. The van der Waals surface area contributed by atoms with Gasteiger partial charge in [-0.25, -0.2) is 0 Å². The van der Waals surface area contributed by atoms with Crippen molar-refractivity contribution in [3.05, 3.63) is 33.2 Å². The topological polar surface area (TPSA) is 66.9 Å². The molecule has 0 unspecified atom stereocenters. The normalized spacial score (nSPS) is 9.92. The van der Waals surface area contributed by atoms with Gasteiger partial charge in [0.1, 0.15) is 0 Å². The molecule has 0 fully saturated rings. The maximum atomic E-state index is 10.2. The summed E-state index contributed by atoms with van der Waals surface area (Å²) in [5.41, 5.74) is 0. The summed E-state index contributed by atoms with van der Waals surface area (Å²) in [7, 11) is 0. The van der Waals surface area contributed by atoms with Crippen LogP contribution in [0.3, 0.4) is 0 Å². The Morgan fingerprint density at radius 1 is 1.67 bits per heavy atom. The predicted octanol–water partition coefficient (Wildman–Crippen LogP) is 2.19. The molecule has 1 aromatic rings. The van der Waals surface area contributed by atoms with Crippen LogP contribution in [0.1, 0.15) is 4.88 Å². The summed E-state index contributed by atoms with van der Waals surface area (Å²) in [6.07, 6.45) is 2.83. The zero-order valence-corrected chi connectivity index (χ0v) is 6.75. The Balaban J connectivity index is 2.86. The van der Waals surface area contributed by atoms with Crippen LogP contribution in [-0.4, -0.2) is 4.92 Å². The van der Waals surface area contributed by atoms with Crippen molar-refractivity contribution >= 4 is 22.4 Å². The van der Waals surface area contributed by atoms with E-state index < -0.39 is 4.92 Å². The van der Waals surface area contributed by atoms with Crippen LogP contribution in [0, 0.1) is 21.4 Å². The fraction of sp³-hybridized carbons (Fsp3) is 0. The molecule has 0 aromatic carbocycles. The Bertz CT molecular complexity index is 362. The largest absolute Gasteiger partial charge is 0.324 e. The van der Waals surface area contributed by atoms with E-state index in [0.717, 1.165) is 11.3 Å². The molecule has 0 aliphatic heterocycles. The van der Waals surface area contributed by atoms with Gasteiger partial charge in [-0.1, -0.05) is 11.3 Å². The number of rotatable bonds is 2. The van der Waals surface area contributed by atoms with Gasteiger partial charge in [0.2, 0.25) is 0 Å². The number of thiophene rings is 1. The van der Waals surface area contributed by atoms with Crippen LogP contribution in [0.15, 0.2) is 18.2 Å². The Kier molecular flexibility index (Phi) is 2.56. The minimum Gasteiger partial charge on any atom is -0.258 e. The Hall–Kier alpha value is -1.67.